The number of halogens is 3. The van der Waals surface area contributed by atoms with Crippen molar-refractivity contribution in [1.29, 1.82) is 0 Å². The summed E-state index contributed by atoms with van der Waals surface area (Å²) in [6, 6.07) is 8.85. The molecule has 2 heterocycles. The Morgan fingerprint density at radius 2 is 2.00 bits per heavy atom. The van der Waals surface area contributed by atoms with Crippen LogP contribution in [0.4, 0.5) is 13.2 Å². The molecule has 1 aliphatic rings. The monoisotopic (exact) mass is 351 g/mol. The van der Waals surface area contributed by atoms with Gasteiger partial charge in [0, 0.05) is 12.2 Å². The number of carbonyl (C=O) groups is 1. The second-order valence-electron chi connectivity index (χ2n) is 6.43. The van der Waals surface area contributed by atoms with E-state index in [1.54, 1.807) is 4.90 Å². The van der Waals surface area contributed by atoms with E-state index in [2.05, 4.69) is 5.10 Å². The van der Waals surface area contributed by atoms with E-state index in [0.717, 1.165) is 34.7 Å². The molecule has 0 saturated carbocycles. The molecule has 0 bridgehead atoms. The summed E-state index contributed by atoms with van der Waals surface area (Å²) >= 11 is 0. The van der Waals surface area contributed by atoms with Crippen molar-refractivity contribution in [2.24, 2.45) is 0 Å². The molecule has 1 saturated heterocycles. The van der Waals surface area contributed by atoms with Gasteiger partial charge in [-0.2, -0.15) is 18.3 Å². The minimum absolute atomic E-state index is 0.0216. The summed E-state index contributed by atoms with van der Waals surface area (Å²) in [5.41, 5.74) is 1.57. The van der Waals surface area contributed by atoms with Gasteiger partial charge in [0.2, 0.25) is 5.91 Å². The topological polar surface area (TPSA) is 38.1 Å². The summed E-state index contributed by atoms with van der Waals surface area (Å²) in [5, 5.41) is 3.55. The molecule has 1 amide bonds. The smallest absolute Gasteiger partial charge is 0.334 e. The Kier molecular flexibility index (Phi) is 4.58. The summed E-state index contributed by atoms with van der Waals surface area (Å²) in [5.74, 6) is -0.203. The number of likely N-dealkylation sites (tertiary alicyclic amines) is 1. The predicted octanol–water partition coefficient (Wildman–Crippen LogP) is 3.88. The first-order valence-electron chi connectivity index (χ1n) is 8.24. The van der Waals surface area contributed by atoms with E-state index >= 15 is 0 Å². The normalized spacial score (nSPS) is 18.0. The van der Waals surface area contributed by atoms with Crippen molar-refractivity contribution in [2.75, 3.05) is 6.54 Å². The van der Waals surface area contributed by atoms with Crippen molar-refractivity contribution in [3.63, 3.8) is 0 Å². The molecule has 1 aliphatic heterocycles. The first-order valence-corrected chi connectivity index (χ1v) is 8.24. The lowest BCUT2D eigenvalue weighted by Crippen LogP contribution is -2.34. The van der Waals surface area contributed by atoms with E-state index < -0.39 is 11.9 Å². The average Bonchev–Trinajstić information content (AvgIpc) is 3.15. The molecular formula is C18H20F3N3O. The van der Waals surface area contributed by atoms with Gasteiger partial charge in [-0.3, -0.25) is 9.48 Å². The molecule has 4 nitrogen and oxygen atoms in total. The van der Waals surface area contributed by atoms with Crippen molar-refractivity contribution < 1.29 is 18.0 Å². The molecule has 7 heteroatoms. The largest absolute Gasteiger partial charge is 0.435 e. The van der Waals surface area contributed by atoms with Crippen LogP contribution in [0.2, 0.25) is 0 Å². The number of aromatic nitrogens is 2. The zero-order valence-corrected chi connectivity index (χ0v) is 14.2. The number of amides is 1. The Hall–Kier alpha value is -2.31. The van der Waals surface area contributed by atoms with E-state index in [-0.39, 0.29) is 18.5 Å². The summed E-state index contributed by atoms with van der Waals surface area (Å²) < 4.78 is 39.5. The fraction of sp³-hybridized carbons (Fsp3) is 0.444. The maximum Gasteiger partial charge on any atom is 0.435 e. The SMILES string of the molecule is Cc1ccccc1[C@H]1CCCN1C(=O)Cn1nc(C(F)(F)F)cc1C. The highest BCUT2D eigenvalue weighted by Gasteiger charge is 2.35. The van der Waals surface area contributed by atoms with Crippen LogP contribution in [-0.2, 0) is 17.5 Å². The van der Waals surface area contributed by atoms with Gasteiger partial charge in [-0.1, -0.05) is 24.3 Å². The highest BCUT2D eigenvalue weighted by molar-refractivity contribution is 5.77. The Morgan fingerprint density at radius 3 is 2.64 bits per heavy atom. The van der Waals surface area contributed by atoms with Gasteiger partial charge >= 0.3 is 6.18 Å². The molecule has 1 aromatic carbocycles. The molecule has 2 aromatic rings. The van der Waals surface area contributed by atoms with Crippen molar-refractivity contribution >= 4 is 5.91 Å². The maximum atomic E-state index is 12.8. The fourth-order valence-electron chi connectivity index (χ4n) is 3.38. The number of nitrogens with zero attached hydrogens (tertiary/aromatic N) is 3. The van der Waals surface area contributed by atoms with Gasteiger partial charge in [0.1, 0.15) is 6.54 Å². The Bertz CT molecular complexity index is 782. The minimum atomic E-state index is -4.50. The summed E-state index contributed by atoms with van der Waals surface area (Å²) in [7, 11) is 0. The number of rotatable bonds is 3. The van der Waals surface area contributed by atoms with Gasteiger partial charge < -0.3 is 4.90 Å². The second-order valence-corrected chi connectivity index (χ2v) is 6.43. The zero-order valence-electron chi connectivity index (χ0n) is 14.2. The van der Waals surface area contributed by atoms with Crippen molar-refractivity contribution in [3.8, 4) is 0 Å². The Labute approximate surface area is 144 Å². The van der Waals surface area contributed by atoms with Crippen LogP contribution in [0.1, 0.15) is 41.4 Å². The third-order valence-electron chi connectivity index (χ3n) is 4.68. The van der Waals surface area contributed by atoms with Crippen LogP contribution in [-0.4, -0.2) is 27.1 Å². The molecule has 134 valence electrons. The van der Waals surface area contributed by atoms with Crippen LogP contribution in [0, 0.1) is 13.8 Å². The fourth-order valence-corrected chi connectivity index (χ4v) is 3.38. The van der Waals surface area contributed by atoms with Crippen LogP contribution >= 0.6 is 0 Å². The standard InChI is InChI=1S/C18H20F3N3O/c1-12-6-3-4-7-14(12)15-8-5-9-23(15)17(25)11-24-13(2)10-16(22-24)18(19,20)21/h3-4,6-7,10,15H,5,8-9,11H2,1-2H3/t15-/m1/s1. The molecule has 1 aromatic heterocycles. The third kappa shape index (κ3) is 3.55. The molecule has 1 fully saturated rings. The summed E-state index contributed by atoms with van der Waals surface area (Å²) in [6.07, 6.45) is -2.75. The lowest BCUT2D eigenvalue weighted by molar-refractivity contribution is -0.142. The number of hydrogen-bond donors (Lipinski definition) is 0. The van der Waals surface area contributed by atoms with Gasteiger partial charge in [0.05, 0.1) is 6.04 Å². The van der Waals surface area contributed by atoms with E-state index in [4.69, 9.17) is 0 Å². The van der Waals surface area contributed by atoms with Crippen LogP contribution in [0.25, 0.3) is 0 Å². The minimum Gasteiger partial charge on any atom is -0.334 e. The van der Waals surface area contributed by atoms with Crippen LogP contribution < -0.4 is 0 Å². The molecule has 0 spiro atoms. The molecule has 0 N–H and O–H groups in total. The van der Waals surface area contributed by atoms with E-state index in [1.807, 2.05) is 31.2 Å². The quantitative estimate of drug-likeness (QED) is 0.842. The van der Waals surface area contributed by atoms with Crippen LogP contribution in [0.5, 0.6) is 0 Å². The van der Waals surface area contributed by atoms with E-state index in [9.17, 15) is 18.0 Å². The number of alkyl halides is 3. The van der Waals surface area contributed by atoms with Crippen molar-refractivity contribution in [1.82, 2.24) is 14.7 Å². The molecule has 0 radical (unpaired) electrons. The lowest BCUT2D eigenvalue weighted by atomic mass is 9.99. The highest BCUT2D eigenvalue weighted by atomic mass is 19.4. The first-order chi connectivity index (χ1) is 11.8. The Morgan fingerprint density at radius 1 is 1.28 bits per heavy atom. The summed E-state index contributed by atoms with van der Waals surface area (Å²) in [6.45, 7) is 3.97. The lowest BCUT2D eigenvalue weighted by Gasteiger charge is -2.26. The summed E-state index contributed by atoms with van der Waals surface area (Å²) in [4.78, 5) is 14.5. The van der Waals surface area contributed by atoms with Crippen molar-refractivity contribution in [3.05, 3.63) is 52.8 Å². The van der Waals surface area contributed by atoms with Crippen LogP contribution in [0.15, 0.2) is 30.3 Å². The Balaban J connectivity index is 1.79. The van der Waals surface area contributed by atoms with Gasteiger partial charge in [-0.05, 0) is 43.9 Å². The molecule has 3 rings (SSSR count). The average molecular weight is 351 g/mol. The molecular weight excluding hydrogens is 331 g/mol. The van der Waals surface area contributed by atoms with Gasteiger partial charge in [0.15, 0.2) is 5.69 Å². The zero-order chi connectivity index (χ0) is 18.2. The molecule has 0 aliphatic carbocycles. The first kappa shape index (κ1) is 17.5. The number of hydrogen-bond acceptors (Lipinski definition) is 2. The predicted molar refractivity (Wildman–Crippen MR) is 86.8 cm³/mol. The van der Waals surface area contributed by atoms with E-state index in [1.165, 1.54) is 6.92 Å². The van der Waals surface area contributed by atoms with Gasteiger partial charge in [-0.15, -0.1) is 0 Å². The van der Waals surface area contributed by atoms with Crippen LogP contribution in [0.3, 0.4) is 0 Å². The second kappa shape index (κ2) is 6.54. The third-order valence-corrected chi connectivity index (χ3v) is 4.68. The number of benzene rings is 1. The molecule has 1 atom stereocenters. The van der Waals surface area contributed by atoms with Gasteiger partial charge in [0.25, 0.3) is 0 Å². The van der Waals surface area contributed by atoms with Gasteiger partial charge in [-0.25, -0.2) is 0 Å². The van der Waals surface area contributed by atoms with Crippen molar-refractivity contribution in [2.45, 2.75) is 45.5 Å². The molecule has 25 heavy (non-hydrogen) atoms. The molecule has 0 unspecified atom stereocenters. The number of aryl methyl sites for hydroxylation is 2. The number of carbonyl (C=O) groups excluding carboxylic acids is 1. The maximum absolute atomic E-state index is 12.8. The highest BCUT2D eigenvalue weighted by Crippen LogP contribution is 2.34. The van der Waals surface area contributed by atoms with E-state index in [0.29, 0.717) is 12.2 Å².